The highest BCUT2D eigenvalue weighted by Crippen LogP contribution is 2.34. The van der Waals surface area contributed by atoms with Gasteiger partial charge in [0.15, 0.2) is 23.2 Å². The van der Waals surface area contributed by atoms with Crippen LogP contribution in [0.5, 0.6) is 0 Å². The van der Waals surface area contributed by atoms with E-state index in [1.165, 1.54) is 17.2 Å². The number of nitrogens with zero attached hydrogens (tertiary/aromatic N) is 4. The molecule has 1 saturated carbocycles. The van der Waals surface area contributed by atoms with Gasteiger partial charge in [-0.05, 0) is 26.2 Å². The first-order chi connectivity index (χ1) is 12.4. The predicted octanol–water partition coefficient (Wildman–Crippen LogP) is -0.847. The molecule has 2 fully saturated rings. The second-order valence-corrected chi connectivity index (χ2v) is 7.22. The zero-order chi connectivity index (χ0) is 18.5. The Morgan fingerprint density at radius 1 is 1.31 bits per heavy atom. The Morgan fingerprint density at radius 2 is 2.12 bits per heavy atom. The molecule has 4 rings (SSSR count). The molecule has 0 bridgehead atoms. The summed E-state index contributed by atoms with van der Waals surface area (Å²) in [6.45, 7) is 1.40. The minimum absolute atomic E-state index is 0.139. The molecule has 26 heavy (non-hydrogen) atoms. The Bertz CT molecular complexity index is 796. The molecule has 10 heteroatoms. The van der Waals surface area contributed by atoms with E-state index in [0.717, 1.165) is 19.3 Å². The van der Waals surface area contributed by atoms with E-state index in [1.807, 2.05) is 0 Å². The predicted molar refractivity (Wildman–Crippen MR) is 90.2 cm³/mol. The SMILES string of the molecule is C[C@]1(O)CCCC1Nc1ncnc2c1ncn2[C@@H]1O[C@H](CO)[C@@H](O)[C@H]1O. The fourth-order valence-electron chi connectivity index (χ4n) is 3.80. The summed E-state index contributed by atoms with van der Waals surface area (Å²) in [4.78, 5) is 12.8. The van der Waals surface area contributed by atoms with Crippen molar-refractivity contribution in [2.75, 3.05) is 11.9 Å². The molecule has 6 atom stereocenters. The van der Waals surface area contributed by atoms with Gasteiger partial charge in [0.05, 0.1) is 24.6 Å². The van der Waals surface area contributed by atoms with Gasteiger partial charge in [0.2, 0.25) is 0 Å². The van der Waals surface area contributed by atoms with E-state index >= 15 is 0 Å². The van der Waals surface area contributed by atoms with Crippen molar-refractivity contribution >= 4 is 17.0 Å². The van der Waals surface area contributed by atoms with Gasteiger partial charge in [0.1, 0.15) is 24.6 Å². The number of imidazole rings is 1. The summed E-state index contributed by atoms with van der Waals surface area (Å²) in [5.41, 5.74) is 0.0891. The minimum atomic E-state index is -1.22. The molecule has 10 nitrogen and oxygen atoms in total. The summed E-state index contributed by atoms with van der Waals surface area (Å²) in [6.07, 6.45) is 1.09. The number of aliphatic hydroxyl groups is 4. The number of aliphatic hydroxyl groups excluding tert-OH is 3. The van der Waals surface area contributed by atoms with Crippen molar-refractivity contribution in [3.63, 3.8) is 0 Å². The van der Waals surface area contributed by atoms with Crippen molar-refractivity contribution in [1.29, 1.82) is 0 Å². The van der Waals surface area contributed by atoms with Gasteiger partial charge in [0, 0.05) is 0 Å². The number of nitrogens with one attached hydrogen (secondary N) is 1. The number of rotatable bonds is 4. The van der Waals surface area contributed by atoms with E-state index in [9.17, 15) is 20.4 Å². The van der Waals surface area contributed by atoms with Gasteiger partial charge >= 0.3 is 0 Å². The van der Waals surface area contributed by atoms with Gasteiger partial charge < -0.3 is 30.5 Å². The third-order valence-electron chi connectivity index (χ3n) is 5.39. The van der Waals surface area contributed by atoms with Gasteiger partial charge in [-0.25, -0.2) is 15.0 Å². The Hall–Kier alpha value is -1.85. The molecule has 1 aliphatic heterocycles. The maximum absolute atomic E-state index is 10.4. The molecule has 2 aromatic rings. The molecule has 142 valence electrons. The molecule has 1 aliphatic carbocycles. The molecule has 1 saturated heterocycles. The number of aromatic nitrogens is 4. The molecule has 1 unspecified atom stereocenters. The third kappa shape index (κ3) is 2.74. The first-order valence-electron chi connectivity index (χ1n) is 8.71. The molecule has 3 heterocycles. The van der Waals surface area contributed by atoms with Crippen LogP contribution >= 0.6 is 0 Å². The molecular weight excluding hydrogens is 342 g/mol. The van der Waals surface area contributed by atoms with Gasteiger partial charge in [-0.2, -0.15) is 0 Å². The molecule has 0 radical (unpaired) electrons. The van der Waals surface area contributed by atoms with Crippen LogP contribution in [0, 0.1) is 0 Å². The number of hydrogen-bond donors (Lipinski definition) is 5. The zero-order valence-corrected chi connectivity index (χ0v) is 14.4. The van der Waals surface area contributed by atoms with E-state index in [4.69, 9.17) is 4.74 Å². The summed E-state index contributed by atoms with van der Waals surface area (Å²) >= 11 is 0. The number of hydrogen-bond acceptors (Lipinski definition) is 9. The Labute approximate surface area is 149 Å². The molecule has 2 aliphatic rings. The maximum atomic E-state index is 10.4. The maximum Gasteiger partial charge on any atom is 0.167 e. The molecule has 0 amide bonds. The average molecular weight is 365 g/mol. The van der Waals surface area contributed by atoms with Crippen molar-refractivity contribution < 1.29 is 25.2 Å². The molecule has 0 spiro atoms. The Morgan fingerprint density at radius 3 is 2.77 bits per heavy atom. The van der Waals surface area contributed by atoms with E-state index in [2.05, 4.69) is 20.3 Å². The van der Waals surface area contributed by atoms with Gasteiger partial charge in [-0.1, -0.05) is 0 Å². The van der Waals surface area contributed by atoms with E-state index in [1.54, 1.807) is 6.92 Å². The highest BCUT2D eigenvalue weighted by Gasteiger charge is 2.44. The summed E-state index contributed by atoms with van der Waals surface area (Å²) < 4.78 is 7.06. The van der Waals surface area contributed by atoms with Crippen LogP contribution in [-0.4, -0.2) is 76.5 Å². The lowest BCUT2D eigenvalue weighted by atomic mass is 10.0. The number of ether oxygens (including phenoxy) is 1. The topological polar surface area (TPSA) is 146 Å². The van der Waals surface area contributed by atoms with E-state index < -0.39 is 36.7 Å². The summed E-state index contributed by atoms with van der Waals surface area (Å²) in [7, 11) is 0. The monoisotopic (exact) mass is 365 g/mol. The van der Waals surface area contributed by atoms with Crippen molar-refractivity contribution in [2.45, 2.75) is 62.4 Å². The zero-order valence-electron chi connectivity index (χ0n) is 14.4. The third-order valence-corrected chi connectivity index (χ3v) is 5.39. The smallest absolute Gasteiger partial charge is 0.167 e. The first kappa shape index (κ1) is 17.6. The van der Waals surface area contributed by atoms with Gasteiger partial charge in [-0.15, -0.1) is 0 Å². The van der Waals surface area contributed by atoms with Crippen LogP contribution in [0.2, 0.25) is 0 Å². The highest BCUT2D eigenvalue weighted by molar-refractivity contribution is 5.83. The number of fused-ring (bicyclic) bond motifs is 1. The second kappa shape index (κ2) is 6.39. The van der Waals surface area contributed by atoms with Crippen LogP contribution in [0.25, 0.3) is 11.2 Å². The van der Waals surface area contributed by atoms with E-state index in [0.29, 0.717) is 17.0 Å². The van der Waals surface area contributed by atoms with Crippen molar-refractivity contribution in [3.8, 4) is 0 Å². The van der Waals surface area contributed by atoms with E-state index in [-0.39, 0.29) is 6.04 Å². The van der Waals surface area contributed by atoms with Crippen LogP contribution in [0.1, 0.15) is 32.4 Å². The lowest BCUT2D eigenvalue weighted by Crippen LogP contribution is -2.39. The van der Waals surface area contributed by atoms with Crippen LogP contribution in [-0.2, 0) is 4.74 Å². The quantitative estimate of drug-likeness (QED) is 0.468. The molecule has 2 aromatic heterocycles. The van der Waals surface area contributed by atoms with Gasteiger partial charge in [-0.3, -0.25) is 4.57 Å². The Kier molecular flexibility index (Phi) is 4.32. The first-order valence-corrected chi connectivity index (χ1v) is 8.71. The minimum Gasteiger partial charge on any atom is -0.394 e. The fraction of sp³-hybridized carbons (Fsp3) is 0.688. The van der Waals surface area contributed by atoms with Crippen LogP contribution < -0.4 is 5.32 Å². The molecular formula is C16H23N5O5. The van der Waals surface area contributed by atoms with Gasteiger partial charge in [0.25, 0.3) is 0 Å². The molecule has 5 N–H and O–H groups in total. The van der Waals surface area contributed by atoms with Crippen molar-refractivity contribution in [2.24, 2.45) is 0 Å². The lowest BCUT2D eigenvalue weighted by molar-refractivity contribution is -0.0511. The van der Waals surface area contributed by atoms with Crippen LogP contribution in [0.4, 0.5) is 5.82 Å². The van der Waals surface area contributed by atoms with Crippen molar-refractivity contribution in [3.05, 3.63) is 12.7 Å². The summed E-state index contributed by atoms with van der Waals surface area (Å²) in [5.74, 6) is 0.493. The summed E-state index contributed by atoms with van der Waals surface area (Å²) in [5, 5.41) is 43.1. The Balaban J connectivity index is 1.66. The van der Waals surface area contributed by atoms with Crippen LogP contribution in [0.3, 0.4) is 0 Å². The number of anilines is 1. The fourth-order valence-corrected chi connectivity index (χ4v) is 3.80. The lowest BCUT2D eigenvalue weighted by Gasteiger charge is -2.26. The highest BCUT2D eigenvalue weighted by atomic mass is 16.6. The van der Waals surface area contributed by atoms with Crippen molar-refractivity contribution in [1.82, 2.24) is 19.5 Å². The molecule has 0 aromatic carbocycles. The normalized spacial score (nSPS) is 37.5. The second-order valence-electron chi connectivity index (χ2n) is 7.22. The average Bonchev–Trinajstić information content (AvgIpc) is 3.26. The summed E-state index contributed by atoms with van der Waals surface area (Å²) in [6, 6.07) is -0.139. The van der Waals surface area contributed by atoms with Crippen LogP contribution in [0.15, 0.2) is 12.7 Å². The largest absolute Gasteiger partial charge is 0.394 e. The standard InChI is InChI=1S/C16H23N5O5/c1-16(25)4-2-3-9(16)20-13-10-14(18-6-17-13)21(7-19-10)15-12(24)11(23)8(5-22)26-15/h6-9,11-12,15,22-25H,2-5H2,1H3,(H,17,18,20)/t8-,9?,11-,12-,15-,16+/m1/s1.